The zero-order chi connectivity index (χ0) is 25.2. The first-order valence-corrected chi connectivity index (χ1v) is 13.4. The number of likely N-dealkylation sites (N-methyl/N-ethyl adjacent to an activating group) is 1. The second-order valence-electron chi connectivity index (χ2n) is 8.53. The largest absolute Gasteiger partial charge is 0.370 e. The summed E-state index contributed by atoms with van der Waals surface area (Å²) in [7, 11) is 2.04. The molecular weight excluding hydrogens is 557 g/mol. The van der Waals surface area contributed by atoms with Crippen LogP contribution in [0.4, 0.5) is 11.4 Å². The van der Waals surface area contributed by atoms with Crippen LogP contribution < -0.4 is 15.5 Å². The van der Waals surface area contributed by atoms with Crippen molar-refractivity contribution in [1.29, 1.82) is 0 Å². The molecule has 0 bridgehead atoms. The zero-order valence-electron chi connectivity index (χ0n) is 19.9. The van der Waals surface area contributed by atoms with Crippen LogP contribution in [0.1, 0.15) is 35.6 Å². The fraction of sp³-hybridized carbons (Fsp3) is 0.333. The van der Waals surface area contributed by atoms with Crippen molar-refractivity contribution in [3.8, 4) is 0 Å². The third kappa shape index (κ3) is 6.14. The molecule has 2 N–H and O–H groups in total. The number of aromatic nitrogens is 1. The second kappa shape index (κ2) is 11.9. The predicted molar refractivity (Wildman–Crippen MR) is 147 cm³/mol. The monoisotopic (exact) mass is 581 g/mol. The molecule has 0 atom stereocenters. The van der Waals surface area contributed by atoms with Crippen molar-refractivity contribution >= 4 is 75.8 Å². The topological polar surface area (TPSA) is 104 Å². The van der Waals surface area contributed by atoms with Crippen LogP contribution in [0.5, 0.6) is 0 Å². The van der Waals surface area contributed by atoms with Crippen LogP contribution in [-0.4, -0.2) is 61.0 Å². The number of hydrogen-bond acceptors (Lipinski definition) is 8. The molecule has 9 nitrogen and oxygen atoms in total. The van der Waals surface area contributed by atoms with E-state index in [-0.39, 0.29) is 43.3 Å². The molecule has 13 heteroatoms. The number of carbonyl (C=O) groups is 3. The van der Waals surface area contributed by atoms with E-state index in [1.54, 1.807) is 29.2 Å². The maximum Gasteiger partial charge on any atom is 0.284 e. The first kappa shape index (κ1) is 27.5. The van der Waals surface area contributed by atoms with Crippen molar-refractivity contribution in [2.45, 2.75) is 19.5 Å². The maximum atomic E-state index is 13.3. The minimum Gasteiger partial charge on any atom is -0.370 e. The van der Waals surface area contributed by atoms with Gasteiger partial charge < -0.3 is 25.2 Å². The van der Waals surface area contributed by atoms with Gasteiger partial charge in [-0.25, -0.2) is 4.98 Å². The van der Waals surface area contributed by atoms with E-state index in [2.05, 4.69) is 20.5 Å². The lowest BCUT2D eigenvalue weighted by molar-refractivity contribution is -0.125. The van der Waals surface area contributed by atoms with Gasteiger partial charge in [-0.2, -0.15) is 0 Å². The number of nitrogens with one attached hydrogen (secondary N) is 2. The van der Waals surface area contributed by atoms with Crippen molar-refractivity contribution in [2.24, 2.45) is 0 Å². The smallest absolute Gasteiger partial charge is 0.284 e. The molecule has 2 aliphatic heterocycles. The van der Waals surface area contributed by atoms with E-state index in [4.69, 9.17) is 16.3 Å². The molecule has 0 saturated carbocycles. The van der Waals surface area contributed by atoms with Gasteiger partial charge in [-0.05, 0) is 30.8 Å². The Balaban J connectivity index is 0.00000320. The van der Waals surface area contributed by atoms with Crippen molar-refractivity contribution < 1.29 is 19.1 Å². The minimum atomic E-state index is -0.345. The van der Waals surface area contributed by atoms with Crippen molar-refractivity contribution in [2.75, 3.05) is 43.6 Å². The SMILES string of the molecule is CN1CCc2nc(C(=O)Nc3c(CNC(=O)c4ccc(Cl)s4)cccc3N3CCOCC3=O)sc2C1.Cl. The van der Waals surface area contributed by atoms with Crippen LogP contribution >= 0.6 is 46.7 Å². The highest BCUT2D eigenvalue weighted by Crippen LogP contribution is 2.33. The van der Waals surface area contributed by atoms with Crippen LogP contribution in [0.3, 0.4) is 0 Å². The number of thiazole rings is 1. The van der Waals surface area contributed by atoms with Gasteiger partial charge in [-0.1, -0.05) is 23.7 Å². The van der Waals surface area contributed by atoms with E-state index in [9.17, 15) is 14.4 Å². The Labute approximate surface area is 233 Å². The summed E-state index contributed by atoms with van der Waals surface area (Å²) < 4.78 is 5.81. The Morgan fingerprint density at radius 1 is 1.16 bits per heavy atom. The van der Waals surface area contributed by atoms with Gasteiger partial charge in [0, 0.05) is 37.5 Å². The Hall–Kier alpha value is -2.54. The molecule has 0 aliphatic carbocycles. The number of para-hydroxylation sites is 1. The molecule has 2 aliphatic rings. The normalized spacial score (nSPS) is 15.6. The number of rotatable bonds is 6. The summed E-state index contributed by atoms with van der Waals surface area (Å²) >= 11 is 8.54. The Morgan fingerprint density at radius 2 is 2.00 bits per heavy atom. The van der Waals surface area contributed by atoms with Crippen LogP contribution in [-0.2, 0) is 29.0 Å². The number of hydrogen-bond donors (Lipinski definition) is 2. The molecule has 0 radical (unpaired) electrons. The van der Waals surface area contributed by atoms with Gasteiger partial charge in [0.2, 0.25) is 0 Å². The van der Waals surface area contributed by atoms with Crippen LogP contribution in [0.2, 0.25) is 4.34 Å². The predicted octanol–water partition coefficient (Wildman–Crippen LogP) is 3.81. The number of thiophene rings is 1. The zero-order valence-corrected chi connectivity index (χ0v) is 23.1. The molecule has 5 rings (SSSR count). The summed E-state index contributed by atoms with van der Waals surface area (Å²) in [4.78, 5) is 48.5. The highest BCUT2D eigenvalue weighted by atomic mass is 35.5. The Morgan fingerprint density at radius 3 is 2.76 bits per heavy atom. The molecule has 1 saturated heterocycles. The average Bonchev–Trinajstić information content (AvgIpc) is 3.49. The number of benzene rings is 1. The minimum absolute atomic E-state index is 0. The van der Waals surface area contributed by atoms with Gasteiger partial charge in [0.05, 0.1) is 32.9 Å². The second-order valence-corrected chi connectivity index (χ2v) is 11.3. The number of morpholine rings is 1. The van der Waals surface area contributed by atoms with E-state index in [0.29, 0.717) is 44.3 Å². The maximum absolute atomic E-state index is 13.3. The number of ether oxygens (including phenoxy) is 1. The molecule has 0 spiro atoms. The van der Waals surface area contributed by atoms with E-state index in [1.807, 2.05) is 13.1 Å². The summed E-state index contributed by atoms with van der Waals surface area (Å²) in [5.74, 6) is -0.810. The Bertz CT molecular complexity index is 1330. The third-order valence-electron chi connectivity index (χ3n) is 6.00. The van der Waals surface area contributed by atoms with Gasteiger partial charge >= 0.3 is 0 Å². The summed E-state index contributed by atoms with van der Waals surface area (Å²) in [6.07, 6.45) is 0.804. The van der Waals surface area contributed by atoms with Crippen LogP contribution in [0.25, 0.3) is 0 Å². The van der Waals surface area contributed by atoms with E-state index >= 15 is 0 Å². The Kier molecular flexibility index (Phi) is 8.83. The third-order valence-corrected chi connectivity index (χ3v) is 8.31. The molecule has 3 aromatic rings. The number of halogens is 2. The number of anilines is 2. The summed E-state index contributed by atoms with van der Waals surface area (Å²) in [5, 5.41) is 6.25. The number of carbonyl (C=O) groups excluding carboxylic acids is 3. The molecule has 4 heterocycles. The van der Waals surface area contributed by atoms with Gasteiger partial charge in [-0.15, -0.1) is 35.1 Å². The van der Waals surface area contributed by atoms with E-state index < -0.39 is 0 Å². The number of amides is 3. The van der Waals surface area contributed by atoms with Gasteiger partial charge in [0.1, 0.15) is 6.61 Å². The molecule has 196 valence electrons. The van der Waals surface area contributed by atoms with Gasteiger partial charge in [-0.3, -0.25) is 14.4 Å². The van der Waals surface area contributed by atoms with Crippen molar-refractivity contribution in [3.63, 3.8) is 0 Å². The fourth-order valence-corrected chi connectivity index (χ4v) is 6.20. The summed E-state index contributed by atoms with van der Waals surface area (Å²) in [6.45, 7) is 2.55. The number of nitrogens with zero attached hydrogens (tertiary/aromatic N) is 3. The molecule has 0 unspecified atom stereocenters. The lowest BCUT2D eigenvalue weighted by Gasteiger charge is -2.29. The first-order valence-electron chi connectivity index (χ1n) is 11.4. The first-order chi connectivity index (χ1) is 17.4. The molecule has 1 aromatic carbocycles. The quantitative estimate of drug-likeness (QED) is 0.458. The van der Waals surface area contributed by atoms with E-state index in [0.717, 1.165) is 30.1 Å². The van der Waals surface area contributed by atoms with Crippen LogP contribution in [0, 0.1) is 0 Å². The van der Waals surface area contributed by atoms with Gasteiger partial charge in [0.25, 0.3) is 17.7 Å². The number of fused-ring (bicyclic) bond motifs is 1. The summed E-state index contributed by atoms with van der Waals surface area (Å²) in [5.41, 5.74) is 2.65. The fourth-order valence-electron chi connectivity index (χ4n) is 4.16. The highest BCUT2D eigenvalue weighted by molar-refractivity contribution is 7.18. The van der Waals surface area contributed by atoms with E-state index in [1.165, 1.54) is 22.7 Å². The highest BCUT2D eigenvalue weighted by Gasteiger charge is 2.27. The lowest BCUT2D eigenvalue weighted by atomic mass is 10.1. The van der Waals surface area contributed by atoms with Crippen molar-refractivity contribution in [3.05, 3.63) is 60.7 Å². The average molecular weight is 583 g/mol. The van der Waals surface area contributed by atoms with Crippen LogP contribution in [0.15, 0.2) is 30.3 Å². The van der Waals surface area contributed by atoms with Crippen molar-refractivity contribution in [1.82, 2.24) is 15.2 Å². The lowest BCUT2D eigenvalue weighted by Crippen LogP contribution is -2.42. The standard InChI is InChI=1S/C24H24ClN5O4S2.ClH/c1-29-8-7-15-18(12-29)36-24(27-15)23(33)28-21-14(11-26-22(32)17-5-6-19(25)35-17)3-2-4-16(21)30-9-10-34-13-20(30)31;/h2-6H,7-13H2,1H3,(H,26,32)(H,28,33);1H. The molecule has 2 aromatic heterocycles. The molecular formula is C24H25Cl2N5O4S2. The van der Waals surface area contributed by atoms with Gasteiger partial charge in [0.15, 0.2) is 5.01 Å². The summed E-state index contributed by atoms with van der Waals surface area (Å²) in [6, 6.07) is 8.73. The molecule has 37 heavy (non-hydrogen) atoms. The molecule has 3 amide bonds. The molecule has 1 fully saturated rings.